The minimum Gasteiger partial charge on any atom is -0.492 e. The summed E-state index contributed by atoms with van der Waals surface area (Å²) in [6, 6.07) is 7.30. The molecule has 0 aliphatic carbocycles. The molecule has 0 aliphatic rings. The van der Waals surface area contributed by atoms with Crippen molar-refractivity contribution < 1.29 is 28.9 Å². The van der Waals surface area contributed by atoms with Crippen molar-refractivity contribution in [2.24, 2.45) is 0 Å². The minimum atomic E-state index is -0.966. The molecule has 7 nitrogen and oxygen atoms in total. The first-order valence-electron chi connectivity index (χ1n) is 11.6. The van der Waals surface area contributed by atoms with Gasteiger partial charge in [0.15, 0.2) is 6.10 Å². The zero-order valence-corrected chi connectivity index (χ0v) is 20.5. The van der Waals surface area contributed by atoms with Gasteiger partial charge in [-0.2, -0.15) is 11.8 Å². The Labute approximate surface area is 196 Å². The van der Waals surface area contributed by atoms with Crippen LogP contribution in [0.25, 0.3) is 0 Å². The van der Waals surface area contributed by atoms with Crippen LogP contribution in [-0.2, 0) is 20.7 Å². The molecule has 0 aliphatic heterocycles. The van der Waals surface area contributed by atoms with E-state index in [4.69, 9.17) is 14.2 Å². The van der Waals surface area contributed by atoms with E-state index in [9.17, 15) is 14.7 Å². The second-order valence-corrected chi connectivity index (χ2v) is 8.62. The maximum Gasteiger partial charge on any atom is 0.409 e. The number of nitrogens with zero attached hydrogens (tertiary/aromatic N) is 1. The third-order valence-electron chi connectivity index (χ3n) is 4.66. The smallest absolute Gasteiger partial charge is 0.409 e. The van der Waals surface area contributed by atoms with E-state index in [0.29, 0.717) is 45.1 Å². The highest BCUT2D eigenvalue weighted by Crippen LogP contribution is 2.15. The normalized spacial score (nSPS) is 11.7. The van der Waals surface area contributed by atoms with Crippen LogP contribution in [0.15, 0.2) is 24.3 Å². The van der Waals surface area contributed by atoms with E-state index in [1.54, 1.807) is 11.8 Å². The summed E-state index contributed by atoms with van der Waals surface area (Å²) in [5.74, 6) is 1.87. The Morgan fingerprint density at radius 2 is 1.75 bits per heavy atom. The van der Waals surface area contributed by atoms with Gasteiger partial charge in [-0.15, -0.1) is 0 Å². The first-order valence-corrected chi connectivity index (χ1v) is 12.7. The number of hydrogen-bond donors (Lipinski definition) is 1. The molecule has 1 amide bonds. The highest BCUT2D eigenvalue weighted by molar-refractivity contribution is 7.99. The van der Waals surface area contributed by atoms with Crippen molar-refractivity contribution in [1.29, 1.82) is 0 Å². The molecule has 8 heteroatoms. The van der Waals surface area contributed by atoms with Crippen LogP contribution in [0.1, 0.15) is 52.0 Å². The molecular weight excluding hydrogens is 430 g/mol. The molecule has 1 rings (SSSR count). The molecule has 0 heterocycles. The maximum absolute atomic E-state index is 12.4. The largest absolute Gasteiger partial charge is 0.492 e. The number of carbonyl (C=O) groups excluding carboxylic acids is 1. The summed E-state index contributed by atoms with van der Waals surface area (Å²) >= 11 is 1.90. The number of amides is 1. The summed E-state index contributed by atoms with van der Waals surface area (Å²) in [4.78, 5) is 25.4. The molecule has 1 aromatic carbocycles. The van der Waals surface area contributed by atoms with E-state index in [1.165, 1.54) is 0 Å². The molecule has 0 fully saturated rings. The number of unbranched alkanes of at least 4 members (excludes halogenated alkanes) is 1. The molecule has 1 atom stereocenters. The average Bonchev–Trinajstić information content (AvgIpc) is 2.78. The second-order valence-electron chi connectivity index (χ2n) is 7.40. The van der Waals surface area contributed by atoms with Crippen LogP contribution < -0.4 is 4.74 Å². The van der Waals surface area contributed by atoms with Gasteiger partial charge in [0.1, 0.15) is 12.4 Å². The zero-order valence-electron chi connectivity index (χ0n) is 19.7. The van der Waals surface area contributed by atoms with E-state index in [2.05, 4.69) is 13.8 Å². The highest BCUT2D eigenvalue weighted by Gasteiger charge is 2.18. The molecule has 1 N–H and O–H groups in total. The predicted octanol–water partition coefficient (Wildman–Crippen LogP) is 4.87. The first-order chi connectivity index (χ1) is 15.5. The van der Waals surface area contributed by atoms with Crippen molar-refractivity contribution in [2.75, 3.05) is 44.4 Å². The van der Waals surface area contributed by atoms with Gasteiger partial charge in [-0.1, -0.05) is 32.4 Å². The van der Waals surface area contributed by atoms with Gasteiger partial charge in [0.25, 0.3) is 0 Å². The second kappa shape index (κ2) is 17.6. The quantitative estimate of drug-likeness (QED) is 0.307. The van der Waals surface area contributed by atoms with E-state index >= 15 is 0 Å². The lowest BCUT2D eigenvalue weighted by Crippen LogP contribution is -2.36. The third kappa shape index (κ3) is 12.2. The van der Waals surface area contributed by atoms with Crippen molar-refractivity contribution >= 4 is 23.8 Å². The molecule has 0 radical (unpaired) electrons. The molecule has 0 saturated carbocycles. The van der Waals surface area contributed by atoms with Crippen LogP contribution in [0.5, 0.6) is 5.75 Å². The molecule has 1 unspecified atom stereocenters. The Balaban J connectivity index is 2.52. The van der Waals surface area contributed by atoms with Gasteiger partial charge in [-0.3, -0.25) is 0 Å². The van der Waals surface area contributed by atoms with Gasteiger partial charge in [0.2, 0.25) is 0 Å². The summed E-state index contributed by atoms with van der Waals surface area (Å²) in [6.07, 6.45) is 3.09. The molecule has 0 saturated heterocycles. The van der Waals surface area contributed by atoms with Crippen molar-refractivity contribution in [3.63, 3.8) is 0 Å². The lowest BCUT2D eigenvalue weighted by atomic mass is 10.1. The Kier molecular flexibility index (Phi) is 15.5. The van der Waals surface area contributed by atoms with Crippen molar-refractivity contribution in [3.8, 4) is 5.75 Å². The van der Waals surface area contributed by atoms with E-state index in [-0.39, 0.29) is 6.09 Å². The summed E-state index contributed by atoms with van der Waals surface area (Å²) in [5.41, 5.74) is 0.865. The summed E-state index contributed by atoms with van der Waals surface area (Å²) in [7, 11) is 0. The maximum atomic E-state index is 12.4. The molecule has 32 heavy (non-hydrogen) atoms. The Bertz CT molecular complexity index is 640. The van der Waals surface area contributed by atoms with Gasteiger partial charge in [0.05, 0.1) is 13.2 Å². The number of ether oxygens (including phenoxy) is 3. The van der Waals surface area contributed by atoms with E-state index < -0.39 is 12.1 Å². The molecule has 0 bridgehead atoms. The number of aliphatic carboxylic acids is 1. The van der Waals surface area contributed by atoms with Crippen molar-refractivity contribution in [1.82, 2.24) is 4.90 Å². The molecule has 0 aromatic heterocycles. The average molecular weight is 470 g/mol. The third-order valence-corrected chi connectivity index (χ3v) is 5.94. The molecule has 1 aromatic rings. The highest BCUT2D eigenvalue weighted by atomic mass is 32.2. The summed E-state index contributed by atoms with van der Waals surface area (Å²) < 4.78 is 16.5. The van der Waals surface area contributed by atoms with Gasteiger partial charge < -0.3 is 24.2 Å². The van der Waals surface area contributed by atoms with Crippen LogP contribution in [-0.4, -0.2) is 72.6 Å². The zero-order chi connectivity index (χ0) is 23.6. The first kappa shape index (κ1) is 28.1. The SMILES string of the molecule is CCCCOC(=O)N(CCCSCCC)CCOc1ccc(CC(OCC)C(=O)O)cc1. The Morgan fingerprint density at radius 1 is 1.00 bits per heavy atom. The van der Waals surface area contributed by atoms with E-state index in [1.807, 2.05) is 36.0 Å². The van der Waals surface area contributed by atoms with Crippen molar-refractivity contribution in [3.05, 3.63) is 29.8 Å². The number of carbonyl (C=O) groups is 2. The molecular formula is C24H39NO6S. The lowest BCUT2D eigenvalue weighted by Gasteiger charge is -2.22. The van der Waals surface area contributed by atoms with Crippen LogP contribution >= 0.6 is 11.8 Å². The minimum absolute atomic E-state index is 0.284. The summed E-state index contributed by atoms with van der Waals surface area (Å²) in [6.45, 7) is 8.27. The van der Waals surface area contributed by atoms with E-state index in [0.717, 1.165) is 42.8 Å². The van der Waals surface area contributed by atoms with Crippen molar-refractivity contribution in [2.45, 2.75) is 59.0 Å². The number of rotatable bonds is 18. The standard InChI is InChI=1S/C24H39NO6S/c1-4-7-15-31-24(28)25(13-8-18-32-17-5-2)14-16-30-21-11-9-20(10-12-21)19-22(23(26)27)29-6-3/h9-12,22H,4-8,13-19H2,1-3H3,(H,26,27). The topological polar surface area (TPSA) is 85.3 Å². The number of benzene rings is 1. The van der Waals surface area contributed by atoms with Crippen LogP contribution in [0.2, 0.25) is 0 Å². The molecule has 0 spiro atoms. The number of thioether (sulfide) groups is 1. The van der Waals surface area contributed by atoms with Gasteiger partial charge >= 0.3 is 12.1 Å². The fourth-order valence-electron chi connectivity index (χ4n) is 2.92. The Morgan fingerprint density at radius 3 is 2.38 bits per heavy atom. The predicted molar refractivity (Wildman–Crippen MR) is 129 cm³/mol. The number of carboxylic acids is 1. The monoisotopic (exact) mass is 469 g/mol. The summed E-state index contributed by atoms with van der Waals surface area (Å²) in [5, 5.41) is 9.21. The van der Waals surface area contributed by atoms with Crippen LogP contribution in [0, 0.1) is 0 Å². The fraction of sp³-hybridized carbons (Fsp3) is 0.667. The fourth-order valence-corrected chi connectivity index (χ4v) is 3.75. The van der Waals surface area contributed by atoms with Crippen LogP contribution in [0.4, 0.5) is 4.79 Å². The Hall–Kier alpha value is -1.93. The number of carboxylic acid groups (broad SMARTS) is 1. The lowest BCUT2D eigenvalue weighted by molar-refractivity contribution is -0.149. The van der Waals surface area contributed by atoms with Gasteiger partial charge in [0, 0.05) is 19.6 Å². The van der Waals surface area contributed by atoms with Crippen LogP contribution in [0.3, 0.4) is 0 Å². The van der Waals surface area contributed by atoms with Gasteiger partial charge in [-0.25, -0.2) is 9.59 Å². The number of hydrogen-bond acceptors (Lipinski definition) is 6. The van der Waals surface area contributed by atoms with Gasteiger partial charge in [-0.05, 0) is 55.4 Å². The molecule has 182 valence electrons.